The molecule has 0 bridgehead atoms. The fraction of sp³-hybridized carbons (Fsp3) is 0. The number of carbonyl (C=O) groups excluding carboxylic acids is 2. The molecule has 2 heterocycles. The predicted octanol–water partition coefficient (Wildman–Crippen LogP) is 2.76. The number of aromatic amines is 2. The number of nitrogens with zero attached hydrogens (tertiary/aromatic N) is 1. The van der Waals surface area contributed by atoms with E-state index in [1.54, 1.807) is 48.5 Å². The summed E-state index contributed by atoms with van der Waals surface area (Å²) in [5.74, 6) is -0.713. The van der Waals surface area contributed by atoms with Gasteiger partial charge in [-0.3, -0.25) is 14.4 Å². The van der Waals surface area contributed by atoms with Gasteiger partial charge in [0.2, 0.25) is 0 Å². The van der Waals surface area contributed by atoms with E-state index in [9.17, 15) is 14.4 Å². The SMILES string of the molecule is O=C(Nc1cccc(NC(=O)c2c[nH]c3nc[nH]c(=O)c23)c1)c1ccccc1. The molecule has 138 valence electrons. The second-order valence-corrected chi connectivity index (χ2v) is 6.01. The van der Waals surface area contributed by atoms with Crippen molar-refractivity contribution in [3.63, 3.8) is 0 Å². The zero-order valence-electron chi connectivity index (χ0n) is 14.5. The number of anilines is 2. The zero-order chi connectivity index (χ0) is 19.5. The molecule has 0 unspecified atom stereocenters. The molecule has 0 radical (unpaired) electrons. The fourth-order valence-corrected chi connectivity index (χ4v) is 2.82. The van der Waals surface area contributed by atoms with Crippen molar-refractivity contribution in [2.75, 3.05) is 10.6 Å². The van der Waals surface area contributed by atoms with E-state index < -0.39 is 11.5 Å². The minimum Gasteiger partial charge on any atom is -0.345 e. The number of carbonyl (C=O) groups is 2. The van der Waals surface area contributed by atoms with Crippen LogP contribution in [-0.4, -0.2) is 26.8 Å². The number of amides is 2. The van der Waals surface area contributed by atoms with Gasteiger partial charge in [-0.05, 0) is 30.3 Å². The van der Waals surface area contributed by atoms with Crippen molar-refractivity contribution in [1.29, 1.82) is 0 Å². The van der Waals surface area contributed by atoms with E-state index in [0.29, 0.717) is 22.6 Å². The van der Waals surface area contributed by atoms with Crippen LogP contribution in [0.5, 0.6) is 0 Å². The van der Waals surface area contributed by atoms with Crippen LogP contribution in [0.15, 0.2) is 71.9 Å². The van der Waals surface area contributed by atoms with E-state index in [2.05, 4.69) is 25.6 Å². The lowest BCUT2D eigenvalue weighted by Crippen LogP contribution is -2.16. The van der Waals surface area contributed by atoms with Crippen molar-refractivity contribution >= 4 is 34.2 Å². The van der Waals surface area contributed by atoms with E-state index in [1.165, 1.54) is 12.5 Å². The molecule has 0 saturated heterocycles. The molecule has 28 heavy (non-hydrogen) atoms. The Morgan fingerprint density at radius 3 is 2.32 bits per heavy atom. The van der Waals surface area contributed by atoms with E-state index in [1.807, 2.05) is 6.07 Å². The zero-order valence-corrected chi connectivity index (χ0v) is 14.5. The summed E-state index contributed by atoms with van der Waals surface area (Å²) in [5.41, 5.74) is 1.65. The van der Waals surface area contributed by atoms with Gasteiger partial charge in [0.05, 0.1) is 17.3 Å². The smallest absolute Gasteiger partial charge is 0.261 e. The number of aromatic nitrogens is 3. The summed E-state index contributed by atoms with van der Waals surface area (Å²) in [6.07, 6.45) is 2.70. The minimum absolute atomic E-state index is 0.183. The molecule has 2 amide bonds. The molecule has 0 fully saturated rings. The number of fused-ring (bicyclic) bond motifs is 1. The number of benzene rings is 2. The van der Waals surface area contributed by atoms with Gasteiger partial charge < -0.3 is 20.6 Å². The lowest BCUT2D eigenvalue weighted by Gasteiger charge is -2.08. The first-order chi connectivity index (χ1) is 13.6. The van der Waals surface area contributed by atoms with E-state index in [-0.39, 0.29) is 16.9 Å². The minimum atomic E-state index is -0.462. The molecule has 0 aliphatic heterocycles. The summed E-state index contributed by atoms with van der Waals surface area (Å²) >= 11 is 0. The largest absolute Gasteiger partial charge is 0.345 e. The maximum Gasteiger partial charge on any atom is 0.261 e. The van der Waals surface area contributed by atoms with Crippen molar-refractivity contribution in [2.24, 2.45) is 0 Å². The monoisotopic (exact) mass is 373 g/mol. The van der Waals surface area contributed by atoms with Crippen LogP contribution in [0.1, 0.15) is 20.7 Å². The number of nitrogens with one attached hydrogen (secondary N) is 4. The standard InChI is InChI=1S/C20H15N5O3/c26-18(12-5-2-1-3-6-12)24-13-7-4-8-14(9-13)25-19(27)15-10-21-17-16(15)20(28)23-11-22-17/h1-11H,(H,24,26)(H,25,27)(H2,21,22,23,28). The van der Waals surface area contributed by atoms with Crippen LogP contribution in [0.4, 0.5) is 11.4 Å². The molecular formula is C20H15N5O3. The summed E-state index contributed by atoms with van der Waals surface area (Å²) in [6.45, 7) is 0. The quantitative estimate of drug-likeness (QED) is 0.440. The molecule has 8 heteroatoms. The third kappa shape index (κ3) is 3.38. The Balaban J connectivity index is 1.54. The summed E-state index contributed by atoms with van der Waals surface area (Å²) < 4.78 is 0. The summed E-state index contributed by atoms with van der Waals surface area (Å²) in [6, 6.07) is 15.6. The number of rotatable bonds is 4. The number of H-pyrrole nitrogens is 2. The van der Waals surface area contributed by atoms with Crippen LogP contribution in [0.2, 0.25) is 0 Å². The van der Waals surface area contributed by atoms with Gasteiger partial charge in [-0.2, -0.15) is 0 Å². The average molecular weight is 373 g/mol. The molecule has 4 rings (SSSR count). The van der Waals surface area contributed by atoms with Crippen molar-refractivity contribution < 1.29 is 9.59 Å². The summed E-state index contributed by atoms with van der Waals surface area (Å²) in [4.78, 5) is 46.1. The third-order valence-corrected chi connectivity index (χ3v) is 4.13. The first kappa shape index (κ1) is 17.2. The predicted molar refractivity (Wildman–Crippen MR) is 106 cm³/mol. The number of hydrogen-bond donors (Lipinski definition) is 4. The van der Waals surface area contributed by atoms with Gasteiger partial charge in [-0.25, -0.2) is 4.98 Å². The lowest BCUT2D eigenvalue weighted by molar-refractivity contribution is 0.102. The molecule has 4 aromatic rings. The molecule has 0 saturated carbocycles. The molecule has 0 aliphatic carbocycles. The van der Waals surface area contributed by atoms with Crippen LogP contribution in [0.3, 0.4) is 0 Å². The van der Waals surface area contributed by atoms with Crippen molar-refractivity contribution in [1.82, 2.24) is 15.0 Å². The van der Waals surface area contributed by atoms with Crippen LogP contribution in [0.25, 0.3) is 11.0 Å². The molecule has 0 atom stereocenters. The molecule has 4 N–H and O–H groups in total. The van der Waals surface area contributed by atoms with Crippen molar-refractivity contribution in [3.8, 4) is 0 Å². The topological polar surface area (TPSA) is 120 Å². The van der Waals surface area contributed by atoms with Gasteiger partial charge in [0.15, 0.2) is 0 Å². The van der Waals surface area contributed by atoms with Gasteiger partial charge in [0, 0.05) is 23.1 Å². The Hall–Kier alpha value is -4.20. The maximum atomic E-state index is 12.6. The Morgan fingerprint density at radius 2 is 1.57 bits per heavy atom. The molecule has 2 aromatic carbocycles. The second kappa shape index (κ2) is 7.20. The molecule has 0 spiro atoms. The Kier molecular flexibility index (Phi) is 4.43. The first-order valence-corrected chi connectivity index (χ1v) is 8.44. The first-order valence-electron chi connectivity index (χ1n) is 8.44. The van der Waals surface area contributed by atoms with Crippen LogP contribution in [0, 0.1) is 0 Å². The second-order valence-electron chi connectivity index (χ2n) is 6.01. The average Bonchev–Trinajstić information content (AvgIpc) is 3.15. The Labute approximate surface area is 158 Å². The van der Waals surface area contributed by atoms with Crippen molar-refractivity contribution in [3.05, 3.63) is 88.6 Å². The lowest BCUT2D eigenvalue weighted by atomic mass is 10.2. The highest BCUT2D eigenvalue weighted by Gasteiger charge is 2.16. The Morgan fingerprint density at radius 1 is 0.857 bits per heavy atom. The third-order valence-electron chi connectivity index (χ3n) is 4.13. The van der Waals surface area contributed by atoms with E-state index in [4.69, 9.17) is 0 Å². The maximum absolute atomic E-state index is 12.6. The van der Waals surface area contributed by atoms with Crippen molar-refractivity contribution in [2.45, 2.75) is 0 Å². The van der Waals surface area contributed by atoms with Gasteiger partial charge in [-0.1, -0.05) is 24.3 Å². The van der Waals surface area contributed by atoms with E-state index in [0.717, 1.165) is 0 Å². The fourth-order valence-electron chi connectivity index (χ4n) is 2.82. The molecule has 2 aromatic heterocycles. The highest BCUT2D eigenvalue weighted by Crippen LogP contribution is 2.18. The van der Waals surface area contributed by atoms with Gasteiger partial charge in [0.1, 0.15) is 5.65 Å². The molecular weight excluding hydrogens is 358 g/mol. The van der Waals surface area contributed by atoms with Crippen LogP contribution in [-0.2, 0) is 0 Å². The highest BCUT2D eigenvalue weighted by molar-refractivity contribution is 6.12. The normalized spacial score (nSPS) is 10.6. The van der Waals surface area contributed by atoms with Gasteiger partial charge in [-0.15, -0.1) is 0 Å². The van der Waals surface area contributed by atoms with Gasteiger partial charge >= 0.3 is 0 Å². The van der Waals surface area contributed by atoms with Crippen LogP contribution < -0.4 is 16.2 Å². The van der Waals surface area contributed by atoms with Gasteiger partial charge in [0.25, 0.3) is 17.4 Å². The number of hydrogen-bond acceptors (Lipinski definition) is 4. The van der Waals surface area contributed by atoms with E-state index >= 15 is 0 Å². The highest BCUT2D eigenvalue weighted by atomic mass is 16.2. The Bertz CT molecular complexity index is 1230. The molecule has 0 aliphatic rings. The van der Waals surface area contributed by atoms with Crippen LogP contribution >= 0.6 is 0 Å². The molecule has 8 nitrogen and oxygen atoms in total. The summed E-state index contributed by atoms with van der Waals surface area (Å²) in [5, 5.41) is 5.70. The summed E-state index contributed by atoms with van der Waals surface area (Å²) in [7, 11) is 0.